The highest BCUT2D eigenvalue weighted by molar-refractivity contribution is 7.13. The number of benzene rings is 1. The van der Waals surface area contributed by atoms with Crippen molar-refractivity contribution in [3.63, 3.8) is 0 Å². The summed E-state index contributed by atoms with van der Waals surface area (Å²) < 4.78 is 0. The van der Waals surface area contributed by atoms with Gasteiger partial charge in [0.15, 0.2) is 5.78 Å². The molecule has 4 unspecified atom stereocenters. The van der Waals surface area contributed by atoms with Gasteiger partial charge >= 0.3 is 0 Å². The molecule has 2 aliphatic heterocycles. The second kappa shape index (κ2) is 12.2. The van der Waals surface area contributed by atoms with Crippen LogP contribution in [-0.4, -0.2) is 70.6 Å². The fraction of sp³-hybridized carbons (Fsp3) is 0.548. The van der Waals surface area contributed by atoms with E-state index >= 15 is 0 Å². The van der Waals surface area contributed by atoms with Crippen LogP contribution >= 0.6 is 11.3 Å². The van der Waals surface area contributed by atoms with Gasteiger partial charge in [-0.25, -0.2) is 0 Å². The van der Waals surface area contributed by atoms with E-state index in [0.717, 1.165) is 36.1 Å². The fourth-order valence-corrected chi connectivity index (χ4v) is 7.34. The summed E-state index contributed by atoms with van der Waals surface area (Å²) in [5.41, 5.74) is 7.93. The molecule has 0 spiro atoms. The quantitative estimate of drug-likeness (QED) is 0.506. The minimum atomic E-state index is -0.759. The van der Waals surface area contributed by atoms with E-state index in [1.807, 2.05) is 43.5 Å². The molecule has 40 heavy (non-hydrogen) atoms. The van der Waals surface area contributed by atoms with Crippen molar-refractivity contribution in [2.45, 2.75) is 83.0 Å². The van der Waals surface area contributed by atoms with Crippen molar-refractivity contribution in [2.75, 3.05) is 13.1 Å². The SMILES string of the molecule is CC(C)CC(NC(=O)c1ccc(-c2cccs2)cc1)C(=O)N1CCC2C1C(=O)CN2C(=O)C(N)C1CCCCC1. The lowest BCUT2D eigenvalue weighted by molar-refractivity contribution is -0.138. The number of carbonyl (C=O) groups excluding carboxylic acids is 4. The maximum atomic E-state index is 13.8. The summed E-state index contributed by atoms with van der Waals surface area (Å²) >= 11 is 1.63. The second-order valence-corrected chi connectivity index (χ2v) is 12.8. The topological polar surface area (TPSA) is 113 Å². The van der Waals surface area contributed by atoms with Gasteiger partial charge in [0.1, 0.15) is 12.1 Å². The summed E-state index contributed by atoms with van der Waals surface area (Å²) in [6, 6.07) is 8.99. The number of nitrogens with one attached hydrogen (secondary N) is 1. The molecule has 3 N–H and O–H groups in total. The molecule has 1 aromatic carbocycles. The van der Waals surface area contributed by atoms with E-state index in [1.54, 1.807) is 33.3 Å². The molecule has 3 fully saturated rings. The number of hydrogen-bond acceptors (Lipinski definition) is 6. The Morgan fingerprint density at radius 3 is 2.38 bits per heavy atom. The Kier molecular flexibility index (Phi) is 8.71. The van der Waals surface area contributed by atoms with Crippen LogP contribution in [-0.2, 0) is 14.4 Å². The first kappa shape index (κ1) is 28.5. The van der Waals surface area contributed by atoms with E-state index in [-0.39, 0.29) is 47.9 Å². The molecule has 3 amide bonds. The van der Waals surface area contributed by atoms with Crippen molar-refractivity contribution in [1.82, 2.24) is 15.1 Å². The van der Waals surface area contributed by atoms with Crippen LogP contribution in [0, 0.1) is 11.8 Å². The first-order valence-electron chi connectivity index (χ1n) is 14.6. The van der Waals surface area contributed by atoms with Gasteiger partial charge in [0.05, 0.1) is 18.6 Å². The maximum absolute atomic E-state index is 13.8. The summed E-state index contributed by atoms with van der Waals surface area (Å²) in [5, 5.41) is 4.96. The van der Waals surface area contributed by atoms with Crippen molar-refractivity contribution in [2.24, 2.45) is 17.6 Å². The number of likely N-dealkylation sites (tertiary alicyclic amines) is 2. The molecule has 4 atom stereocenters. The number of amides is 3. The van der Waals surface area contributed by atoms with Gasteiger partial charge in [-0.2, -0.15) is 0 Å². The molecule has 2 aromatic rings. The van der Waals surface area contributed by atoms with Crippen LogP contribution in [0.25, 0.3) is 10.4 Å². The predicted molar refractivity (Wildman–Crippen MR) is 156 cm³/mol. The third-order valence-electron chi connectivity index (χ3n) is 8.69. The monoisotopic (exact) mass is 564 g/mol. The van der Waals surface area contributed by atoms with Crippen molar-refractivity contribution in [3.05, 3.63) is 47.3 Å². The number of thiophene rings is 1. The highest BCUT2D eigenvalue weighted by Gasteiger charge is 2.53. The molecule has 5 rings (SSSR count). The summed E-state index contributed by atoms with van der Waals surface area (Å²) in [5.74, 6) is -0.567. The molecule has 9 heteroatoms. The number of rotatable bonds is 8. The highest BCUT2D eigenvalue weighted by Crippen LogP contribution is 2.33. The Bertz CT molecular complexity index is 1220. The van der Waals surface area contributed by atoms with E-state index in [9.17, 15) is 19.2 Å². The summed E-state index contributed by atoms with van der Waals surface area (Å²) in [6.07, 6.45) is 6.23. The maximum Gasteiger partial charge on any atom is 0.251 e. The highest BCUT2D eigenvalue weighted by atomic mass is 32.1. The second-order valence-electron chi connectivity index (χ2n) is 11.9. The van der Waals surface area contributed by atoms with Gasteiger partial charge in [0, 0.05) is 17.0 Å². The molecule has 3 aliphatic rings. The number of ketones is 1. The predicted octanol–water partition coefficient (Wildman–Crippen LogP) is 3.85. The van der Waals surface area contributed by atoms with Gasteiger partial charge < -0.3 is 20.9 Å². The van der Waals surface area contributed by atoms with E-state index < -0.39 is 18.1 Å². The van der Waals surface area contributed by atoms with E-state index in [0.29, 0.717) is 24.9 Å². The lowest BCUT2D eigenvalue weighted by atomic mass is 9.83. The third kappa shape index (κ3) is 5.86. The number of nitrogens with two attached hydrogens (primary N) is 1. The molecule has 3 heterocycles. The zero-order valence-corrected chi connectivity index (χ0v) is 24.2. The zero-order chi connectivity index (χ0) is 28.4. The van der Waals surface area contributed by atoms with Gasteiger partial charge in [-0.15, -0.1) is 11.3 Å². The largest absolute Gasteiger partial charge is 0.340 e. The molecule has 1 saturated carbocycles. The molecule has 1 aliphatic carbocycles. The normalized spacial score (nSPS) is 22.9. The van der Waals surface area contributed by atoms with Crippen LogP contribution in [0.15, 0.2) is 41.8 Å². The summed E-state index contributed by atoms with van der Waals surface area (Å²) in [7, 11) is 0. The lowest BCUT2D eigenvalue weighted by Gasteiger charge is -2.32. The number of hydrogen-bond donors (Lipinski definition) is 2. The van der Waals surface area contributed by atoms with Gasteiger partial charge in [0.2, 0.25) is 11.8 Å². The first-order valence-corrected chi connectivity index (χ1v) is 15.5. The van der Waals surface area contributed by atoms with Crippen LogP contribution in [0.2, 0.25) is 0 Å². The van der Waals surface area contributed by atoms with Crippen LogP contribution in [0.1, 0.15) is 69.2 Å². The Labute approximate surface area is 240 Å². The average Bonchev–Trinajstić information content (AvgIpc) is 3.71. The molecule has 1 aromatic heterocycles. The van der Waals surface area contributed by atoms with Gasteiger partial charge in [0.25, 0.3) is 5.91 Å². The third-order valence-corrected chi connectivity index (χ3v) is 9.61. The molecule has 2 saturated heterocycles. The first-order chi connectivity index (χ1) is 19.2. The molecular formula is C31H40N4O4S. The molecule has 214 valence electrons. The molecule has 0 radical (unpaired) electrons. The van der Waals surface area contributed by atoms with Crippen LogP contribution in [0.5, 0.6) is 0 Å². The van der Waals surface area contributed by atoms with Crippen molar-refractivity contribution < 1.29 is 19.2 Å². The fourth-order valence-electron chi connectivity index (χ4n) is 6.61. The van der Waals surface area contributed by atoms with Crippen LogP contribution in [0.4, 0.5) is 0 Å². The number of nitrogens with zero attached hydrogens (tertiary/aromatic N) is 2. The smallest absolute Gasteiger partial charge is 0.251 e. The Hall–Kier alpha value is -3.04. The minimum absolute atomic E-state index is 0.00381. The van der Waals surface area contributed by atoms with E-state index in [1.165, 1.54) is 6.42 Å². The van der Waals surface area contributed by atoms with Crippen molar-refractivity contribution in [1.29, 1.82) is 0 Å². The summed E-state index contributed by atoms with van der Waals surface area (Å²) in [4.78, 5) is 57.9. The van der Waals surface area contributed by atoms with Crippen LogP contribution in [0.3, 0.4) is 0 Å². The Morgan fingerprint density at radius 2 is 1.73 bits per heavy atom. The number of carbonyl (C=O) groups is 4. The molecule has 0 bridgehead atoms. The number of fused-ring (bicyclic) bond motifs is 1. The van der Waals surface area contributed by atoms with E-state index in [4.69, 9.17) is 5.73 Å². The lowest BCUT2D eigenvalue weighted by Crippen LogP contribution is -2.53. The Morgan fingerprint density at radius 1 is 1.00 bits per heavy atom. The van der Waals surface area contributed by atoms with E-state index in [2.05, 4.69) is 5.32 Å². The standard InChI is InChI=1S/C31H40N4O4S/c1-19(2)17-23(33-29(37)22-12-10-20(11-13-22)26-9-6-16-40-26)30(38)34-15-14-24-28(34)25(36)18-35(24)31(39)27(32)21-7-4-3-5-8-21/h6,9-13,16,19,21,23-24,27-28H,3-5,7-8,14-15,17-18,32H2,1-2H3,(H,33,37). The minimum Gasteiger partial charge on any atom is -0.340 e. The molecule has 8 nitrogen and oxygen atoms in total. The van der Waals surface area contributed by atoms with Gasteiger partial charge in [-0.05, 0) is 66.7 Å². The average molecular weight is 565 g/mol. The zero-order valence-electron chi connectivity index (χ0n) is 23.4. The van der Waals surface area contributed by atoms with Crippen molar-refractivity contribution >= 4 is 34.8 Å². The van der Waals surface area contributed by atoms with Gasteiger partial charge in [-0.1, -0.05) is 51.3 Å². The summed E-state index contributed by atoms with van der Waals surface area (Å²) in [6.45, 7) is 4.38. The van der Waals surface area contributed by atoms with Crippen molar-refractivity contribution in [3.8, 4) is 10.4 Å². The van der Waals surface area contributed by atoms with Gasteiger partial charge in [-0.3, -0.25) is 19.2 Å². The number of Topliss-reactive ketones (excluding diaryl/α,β-unsaturated/α-hetero) is 1. The Balaban J connectivity index is 1.27. The molecular weight excluding hydrogens is 524 g/mol. The van der Waals surface area contributed by atoms with Crippen LogP contribution < -0.4 is 11.1 Å².